The van der Waals surface area contributed by atoms with Gasteiger partial charge < -0.3 is 15.8 Å². The molecule has 7 nitrogen and oxygen atoms in total. The van der Waals surface area contributed by atoms with Crippen molar-refractivity contribution in [1.29, 1.82) is 0 Å². The summed E-state index contributed by atoms with van der Waals surface area (Å²) in [6, 6.07) is 7.03. The van der Waals surface area contributed by atoms with E-state index < -0.39 is 35.8 Å². The Labute approximate surface area is 176 Å². The maximum atomic E-state index is 13.8. The highest BCUT2D eigenvalue weighted by atomic mass is 19.4. The van der Waals surface area contributed by atoms with Crippen molar-refractivity contribution in [3.05, 3.63) is 71.4 Å². The van der Waals surface area contributed by atoms with Gasteiger partial charge in [0.1, 0.15) is 28.7 Å². The van der Waals surface area contributed by atoms with Crippen molar-refractivity contribution in [2.75, 3.05) is 0 Å². The molecule has 168 valence electrons. The summed E-state index contributed by atoms with van der Waals surface area (Å²) in [4.78, 5) is 7.60. The fourth-order valence-corrected chi connectivity index (χ4v) is 3.28. The predicted octanol–water partition coefficient (Wildman–Crippen LogP) is 3.16. The van der Waals surface area contributed by atoms with E-state index in [1.165, 1.54) is 24.3 Å². The Hall–Kier alpha value is -3.74. The number of benzene rings is 1. The number of nitrogens with zero attached hydrogens (tertiary/aromatic N) is 3. The Morgan fingerprint density at radius 3 is 2.41 bits per heavy atom. The molecule has 0 fully saturated rings. The number of halogens is 6. The molecule has 0 radical (unpaired) electrons. The Morgan fingerprint density at radius 2 is 1.78 bits per heavy atom. The standard InChI is InChI=1S/C19H14F6N6O/c20-10-3-6-14-28-16(18(23,24)25)15(31(14)8-10)12-7-13(26)30-19(27,29-12)9-1-4-11(5-2-9)32-17(21)22/h1-8,17,29H,27H2,(H2,26,30). The molecule has 0 saturated heterocycles. The minimum atomic E-state index is -4.88. The van der Waals surface area contributed by atoms with Crippen LogP contribution < -0.4 is 21.5 Å². The summed E-state index contributed by atoms with van der Waals surface area (Å²) >= 11 is 0. The minimum Gasteiger partial charge on any atom is -0.435 e. The highest BCUT2D eigenvalue weighted by molar-refractivity contribution is 5.99. The van der Waals surface area contributed by atoms with Gasteiger partial charge in [0.15, 0.2) is 5.69 Å². The van der Waals surface area contributed by atoms with Crippen molar-refractivity contribution >= 4 is 17.2 Å². The first kappa shape index (κ1) is 21.5. The number of nitrogens with two attached hydrogens (primary N) is 2. The van der Waals surface area contributed by atoms with Crippen molar-refractivity contribution in [3.8, 4) is 5.75 Å². The first-order chi connectivity index (χ1) is 15.0. The Kier molecular flexibility index (Phi) is 5.00. The molecule has 32 heavy (non-hydrogen) atoms. The maximum Gasteiger partial charge on any atom is 0.435 e. The number of hydrogen-bond donors (Lipinski definition) is 3. The molecule has 3 heterocycles. The molecule has 0 spiro atoms. The van der Waals surface area contributed by atoms with E-state index in [2.05, 4.69) is 20.0 Å². The number of nitrogens with one attached hydrogen (secondary N) is 1. The van der Waals surface area contributed by atoms with Crippen molar-refractivity contribution in [2.45, 2.75) is 18.6 Å². The van der Waals surface area contributed by atoms with Crippen LogP contribution in [0.25, 0.3) is 11.3 Å². The van der Waals surface area contributed by atoms with Gasteiger partial charge in [-0.3, -0.25) is 10.1 Å². The number of amidine groups is 1. The number of ether oxygens (including phenoxy) is 1. The van der Waals surface area contributed by atoms with Gasteiger partial charge in [0.05, 0.1) is 5.70 Å². The van der Waals surface area contributed by atoms with E-state index in [0.717, 1.165) is 28.8 Å². The summed E-state index contributed by atoms with van der Waals surface area (Å²) in [7, 11) is 0. The number of rotatable bonds is 4. The molecule has 1 aromatic carbocycles. The summed E-state index contributed by atoms with van der Waals surface area (Å²) in [5, 5.41) is 2.66. The molecule has 1 aliphatic rings. The molecular formula is C19H14F6N6O. The molecule has 1 aliphatic heterocycles. The van der Waals surface area contributed by atoms with Crippen LogP contribution in [-0.2, 0) is 12.0 Å². The van der Waals surface area contributed by atoms with Gasteiger partial charge in [-0.05, 0) is 36.4 Å². The van der Waals surface area contributed by atoms with Crippen molar-refractivity contribution in [1.82, 2.24) is 14.7 Å². The first-order valence-corrected chi connectivity index (χ1v) is 8.91. The van der Waals surface area contributed by atoms with Crippen LogP contribution in [0.5, 0.6) is 5.75 Å². The van der Waals surface area contributed by atoms with Gasteiger partial charge in [0.2, 0.25) is 5.79 Å². The van der Waals surface area contributed by atoms with Crippen LogP contribution in [0.2, 0.25) is 0 Å². The second-order valence-corrected chi connectivity index (χ2v) is 6.77. The Morgan fingerprint density at radius 1 is 1.09 bits per heavy atom. The van der Waals surface area contributed by atoms with Gasteiger partial charge in [-0.1, -0.05) is 0 Å². The number of aromatic nitrogens is 2. The molecule has 5 N–H and O–H groups in total. The van der Waals surface area contributed by atoms with Crippen molar-refractivity contribution in [2.24, 2.45) is 16.5 Å². The molecule has 1 unspecified atom stereocenters. The third-order valence-electron chi connectivity index (χ3n) is 4.55. The molecular weight excluding hydrogens is 442 g/mol. The van der Waals surface area contributed by atoms with Crippen molar-refractivity contribution in [3.63, 3.8) is 0 Å². The quantitative estimate of drug-likeness (QED) is 0.524. The lowest BCUT2D eigenvalue weighted by Gasteiger charge is -2.32. The van der Waals surface area contributed by atoms with Gasteiger partial charge in [0.25, 0.3) is 0 Å². The number of pyridine rings is 1. The number of fused-ring (bicyclic) bond motifs is 1. The summed E-state index contributed by atoms with van der Waals surface area (Å²) in [6.07, 6.45) is -2.94. The number of hydrogen-bond acceptors (Lipinski definition) is 6. The van der Waals surface area contributed by atoms with E-state index in [1.54, 1.807) is 0 Å². The highest BCUT2D eigenvalue weighted by Gasteiger charge is 2.41. The second kappa shape index (κ2) is 7.44. The number of aliphatic imine (C=N–C) groups is 1. The van der Waals surface area contributed by atoms with Crippen LogP contribution in [0.1, 0.15) is 17.0 Å². The largest absolute Gasteiger partial charge is 0.435 e. The van der Waals surface area contributed by atoms with E-state index in [0.29, 0.717) is 0 Å². The van der Waals surface area contributed by atoms with Gasteiger partial charge in [0, 0.05) is 17.8 Å². The lowest BCUT2D eigenvalue weighted by Crippen LogP contribution is -2.51. The molecule has 0 bridgehead atoms. The molecule has 4 rings (SSSR count). The van der Waals surface area contributed by atoms with E-state index in [9.17, 15) is 26.3 Å². The lowest BCUT2D eigenvalue weighted by atomic mass is 10.0. The third-order valence-corrected chi connectivity index (χ3v) is 4.55. The highest BCUT2D eigenvalue weighted by Crippen LogP contribution is 2.36. The average Bonchev–Trinajstić information content (AvgIpc) is 3.06. The van der Waals surface area contributed by atoms with E-state index in [4.69, 9.17) is 11.5 Å². The van der Waals surface area contributed by atoms with Gasteiger partial charge in [-0.15, -0.1) is 0 Å². The van der Waals surface area contributed by atoms with Crippen LogP contribution in [0, 0.1) is 5.82 Å². The summed E-state index contributed by atoms with van der Waals surface area (Å²) in [5.74, 6) is -3.05. The fraction of sp³-hybridized carbons (Fsp3) is 0.158. The van der Waals surface area contributed by atoms with Gasteiger partial charge in [-0.25, -0.2) is 14.4 Å². The van der Waals surface area contributed by atoms with Gasteiger partial charge in [-0.2, -0.15) is 22.0 Å². The number of imidazole rings is 1. The van der Waals surface area contributed by atoms with Crippen LogP contribution in [-0.4, -0.2) is 21.8 Å². The SMILES string of the molecule is NC1=NC(N)(c2ccc(OC(F)F)cc2)NC(c2c(C(F)(F)F)nc3ccc(F)cn23)=C1. The molecule has 3 aromatic rings. The third kappa shape index (κ3) is 3.93. The van der Waals surface area contributed by atoms with E-state index in [1.807, 2.05) is 0 Å². The zero-order chi connectivity index (χ0) is 23.3. The van der Waals surface area contributed by atoms with Gasteiger partial charge >= 0.3 is 12.8 Å². The van der Waals surface area contributed by atoms with E-state index >= 15 is 0 Å². The number of alkyl halides is 5. The van der Waals surface area contributed by atoms with Crippen LogP contribution in [0.4, 0.5) is 26.3 Å². The molecule has 1 atom stereocenters. The predicted molar refractivity (Wildman–Crippen MR) is 102 cm³/mol. The summed E-state index contributed by atoms with van der Waals surface area (Å²) < 4.78 is 84.9. The minimum absolute atomic E-state index is 0.159. The van der Waals surface area contributed by atoms with Crippen LogP contribution in [0.3, 0.4) is 0 Å². The normalized spacial score (nSPS) is 19.0. The molecule has 2 aromatic heterocycles. The summed E-state index contributed by atoms with van der Waals surface area (Å²) in [6.45, 7) is -3.04. The monoisotopic (exact) mass is 456 g/mol. The Balaban J connectivity index is 1.80. The summed E-state index contributed by atoms with van der Waals surface area (Å²) in [5.41, 5.74) is 10.1. The second-order valence-electron chi connectivity index (χ2n) is 6.77. The van der Waals surface area contributed by atoms with Crippen LogP contribution in [0.15, 0.2) is 53.7 Å². The molecule has 0 aliphatic carbocycles. The fourth-order valence-electron chi connectivity index (χ4n) is 3.28. The Bertz CT molecular complexity index is 1230. The van der Waals surface area contributed by atoms with Crippen molar-refractivity contribution < 1.29 is 31.1 Å². The zero-order valence-corrected chi connectivity index (χ0v) is 15.9. The van der Waals surface area contributed by atoms with E-state index in [-0.39, 0.29) is 28.5 Å². The molecule has 0 saturated carbocycles. The molecule has 13 heteroatoms. The first-order valence-electron chi connectivity index (χ1n) is 8.91. The topological polar surface area (TPSA) is 103 Å². The molecule has 0 amide bonds. The zero-order valence-electron chi connectivity index (χ0n) is 15.9. The average molecular weight is 456 g/mol. The maximum absolute atomic E-state index is 13.8. The van der Waals surface area contributed by atoms with Crippen LogP contribution >= 0.6 is 0 Å². The lowest BCUT2D eigenvalue weighted by molar-refractivity contribution is -0.141. The smallest absolute Gasteiger partial charge is 0.435 e.